The Morgan fingerprint density at radius 1 is 1.26 bits per heavy atom. The number of nitriles is 1. The number of aryl methyl sites for hydroxylation is 1. The van der Waals surface area contributed by atoms with Gasteiger partial charge < -0.3 is 19.8 Å². The number of rotatable bonds is 7. The summed E-state index contributed by atoms with van der Waals surface area (Å²) in [5, 5.41) is 24.6. The van der Waals surface area contributed by atoms with Crippen molar-refractivity contribution in [2.45, 2.75) is 19.4 Å². The van der Waals surface area contributed by atoms with E-state index in [0.717, 1.165) is 16.3 Å². The number of pyridine rings is 1. The Bertz CT molecular complexity index is 1770. The maximum Gasteiger partial charge on any atom is 0.236 e. The van der Waals surface area contributed by atoms with Crippen molar-refractivity contribution in [2.24, 2.45) is 0 Å². The lowest BCUT2D eigenvalue weighted by Gasteiger charge is -2.39. The van der Waals surface area contributed by atoms with E-state index < -0.39 is 18.4 Å². The number of likely N-dealkylation sites (tertiary alicyclic amines) is 1. The zero-order valence-electron chi connectivity index (χ0n) is 25.1. The monoisotopic (exact) mass is 594 g/mol. The number of aliphatic hydroxyl groups is 1. The summed E-state index contributed by atoms with van der Waals surface area (Å²) >= 11 is 1.21. The normalized spacial score (nSPS) is 19.3. The third-order valence-corrected chi connectivity index (χ3v) is 8.61. The maximum absolute atomic E-state index is 15.5. The van der Waals surface area contributed by atoms with Crippen LogP contribution < -0.4 is 9.80 Å². The molecule has 42 heavy (non-hydrogen) atoms. The number of hydrogen-bond donors (Lipinski definition) is 1. The predicted octanol–water partition coefficient (Wildman–Crippen LogP) is 3.26. The number of amides is 1. The molecule has 4 aromatic rings. The molecule has 10 nitrogen and oxygen atoms in total. The minimum atomic E-state index is -2.05. The summed E-state index contributed by atoms with van der Waals surface area (Å²) in [6.07, 6.45) is 0.738. The van der Waals surface area contributed by atoms with Crippen molar-refractivity contribution in [3.05, 3.63) is 58.7 Å². The molecule has 2 aliphatic heterocycles. The number of anilines is 3. The number of carbonyl (C=O) groups excluding carboxylic acids is 1. The molecule has 0 spiro atoms. The quantitative estimate of drug-likeness (QED) is 0.348. The van der Waals surface area contributed by atoms with Gasteiger partial charge >= 0.3 is 0 Å². The van der Waals surface area contributed by atoms with Gasteiger partial charge in [-0.1, -0.05) is 18.3 Å². The van der Waals surface area contributed by atoms with Gasteiger partial charge in [-0.3, -0.25) is 9.69 Å². The van der Waals surface area contributed by atoms with Gasteiger partial charge in [-0.25, -0.2) is 18.3 Å². The SMILES string of the molecule is [2H]C1([2H])C(O)CN1C(=O)CN1CCN(c2cc3c(N(C)c4nc(-c5ccc(F)cc5)c(C#N)s4)c(CC)nn3cc2F)CC1. The highest BCUT2D eigenvalue weighted by molar-refractivity contribution is 7.16. The van der Waals surface area contributed by atoms with Crippen LogP contribution in [0.25, 0.3) is 16.8 Å². The molecule has 218 valence electrons. The Balaban J connectivity index is 1.25. The summed E-state index contributed by atoms with van der Waals surface area (Å²) in [6.45, 7) is 1.76. The Hall–Kier alpha value is -4.12. The van der Waals surface area contributed by atoms with Crippen molar-refractivity contribution in [3.8, 4) is 17.3 Å². The first-order valence-corrected chi connectivity index (χ1v) is 14.4. The molecule has 2 saturated heterocycles. The summed E-state index contributed by atoms with van der Waals surface area (Å²) in [5.41, 5.74) is 3.59. The van der Waals surface area contributed by atoms with Gasteiger partial charge in [0.15, 0.2) is 10.9 Å². The highest BCUT2D eigenvalue weighted by atomic mass is 32.1. The van der Waals surface area contributed by atoms with E-state index in [2.05, 4.69) is 11.2 Å². The van der Waals surface area contributed by atoms with E-state index in [1.165, 1.54) is 34.2 Å². The highest BCUT2D eigenvalue weighted by Gasteiger charge is 2.31. The van der Waals surface area contributed by atoms with Crippen LogP contribution in [0.3, 0.4) is 0 Å². The zero-order valence-corrected chi connectivity index (χ0v) is 23.9. The van der Waals surface area contributed by atoms with Gasteiger partial charge in [-0.15, -0.1) is 0 Å². The molecule has 5 heterocycles. The molecular formula is C29H30F2N8O2S. The number of thiazole rings is 1. The fraction of sp³-hybridized carbons (Fsp3) is 0.379. The third-order valence-electron chi connectivity index (χ3n) is 7.57. The van der Waals surface area contributed by atoms with Crippen LogP contribution in [-0.2, 0) is 11.2 Å². The Kier molecular flexibility index (Phi) is 6.87. The molecule has 0 aliphatic carbocycles. The fourth-order valence-electron chi connectivity index (χ4n) is 5.30. The number of piperazine rings is 1. The van der Waals surface area contributed by atoms with E-state index in [9.17, 15) is 19.6 Å². The minimum Gasteiger partial charge on any atom is -0.389 e. The number of aliphatic hydroxyl groups excluding tert-OH is 1. The molecule has 3 aromatic heterocycles. The van der Waals surface area contributed by atoms with Crippen molar-refractivity contribution in [2.75, 3.05) is 62.6 Å². The van der Waals surface area contributed by atoms with Crippen molar-refractivity contribution < 1.29 is 21.4 Å². The van der Waals surface area contributed by atoms with Crippen LogP contribution in [0.4, 0.5) is 25.3 Å². The average molecular weight is 595 g/mol. The van der Waals surface area contributed by atoms with Crippen molar-refractivity contribution >= 4 is 39.3 Å². The van der Waals surface area contributed by atoms with Crippen LogP contribution >= 0.6 is 11.3 Å². The van der Waals surface area contributed by atoms with E-state index >= 15 is 4.39 Å². The topological polar surface area (TPSA) is 104 Å². The lowest BCUT2D eigenvalue weighted by molar-refractivity contribution is -0.142. The van der Waals surface area contributed by atoms with Gasteiger partial charge in [-0.05, 0) is 36.8 Å². The largest absolute Gasteiger partial charge is 0.389 e. The van der Waals surface area contributed by atoms with E-state index in [1.807, 2.05) is 28.7 Å². The van der Waals surface area contributed by atoms with Gasteiger partial charge in [-0.2, -0.15) is 10.4 Å². The van der Waals surface area contributed by atoms with Crippen LogP contribution in [0.15, 0.2) is 36.5 Å². The fourth-order valence-corrected chi connectivity index (χ4v) is 6.15. The van der Waals surface area contributed by atoms with Gasteiger partial charge in [0, 0.05) is 51.8 Å². The molecule has 1 N–H and O–H groups in total. The molecule has 13 heteroatoms. The molecule has 0 bridgehead atoms. The van der Waals surface area contributed by atoms with Gasteiger partial charge in [0.1, 0.15) is 22.5 Å². The van der Waals surface area contributed by atoms with Crippen LogP contribution in [0.1, 0.15) is 20.2 Å². The Morgan fingerprint density at radius 2 is 2.00 bits per heavy atom. The molecule has 0 radical (unpaired) electrons. The smallest absolute Gasteiger partial charge is 0.236 e. The molecule has 1 amide bonds. The van der Waals surface area contributed by atoms with Crippen molar-refractivity contribution in [1.82, 2.24) is 24.4 Å². The molecule has 2 aliphatic rings. The van der Waals surface area contributed by atoms with E-state index in [1.54, 1.807) is 18.2 Å². The number of aromatic nitrogens is 3. The first-order valence-electron chi connectivity index (χ1n) is 14.6. The second-order valence-corrected chi connectivity index (χ2v) is 11.2. The number of carbonyl (C=O) groups is 1. The second-order valence-electron chi connectivity index (χ2n) is 10.2. The predicted molar refractivity (Wildman–Crippen MR) is 156 cm³/mol. The average Bonchev–Trinajstić information content (AvgIpc) is 3.61. The lowest BCUT2D eigenvalue weighted by atomic mass is 10.1. The Morgan fingerprint density at radius 3 is 2.64 bits per heavy atom. The molecule has 6 rings (SSSR count). The first kappa shape index (κ1) is 25.6. The molecule has 1 aromatic carbocycles. The highest BCUT2D eigenvalue weighted by Crippen LogP contribution is 2.39. The first-order chi connectivity index (χ1) is 21.0. The van der Waals surface area contributed by atoms with Gasteiger partial charge in [0.2, 0.25) is 5.91 Å². The lowest BCUT2D eigenvalue weighted by Crippen LogP contribution is -2.57. The number of fused-ring (bicyclic) bond motifs is 1. The summed E-state index contributed by atoms with van der Waals surface area (Å²) < 4.78 is 46.1. The van der Waals surface area contributed by atoms with E-state index in [4.69, 9.17) is 7.73 Å². The molecule has 1 atom stereocenters. The number of halogens is 2. The summed E-state index contributed by atoms with van der Waals surface area (Å²) in [7, 11) is 1.82. The second kappa shape index (κ2) is 11.3. The minimum absolute atomic E-state index is 0.0226. The summed E-state index contributed by atoms with van der Waals surface area (Å²) in [4.78, 5) is 24.4. The number of nitrogens with zero attached hydrogens (tertiary/aromatic N) is 8. The summed E-state index contributed by atoms with van der Waals surface area (Å²) in [6, 6.07) is 9.76. The molecule has 0 saturated carbocycles. The molecule has 1 unspecified atom stereocenters. The standard InChI is InChI=1S/C29H30F2N8O2S/c1-3-22-28(35(2)29-33-27(25(13-32)42-29)18-4-6-19(30)7-5-18)24-12-23(21(31)16-39(24)34-22)37-10-8-36(9-11-37)17-26(41)38-14-20(40)15-38/h4-7,12,16,20,40H,3,8-11,14-15,17H2,1-2H3/i14D2. The third kappa shape index (κ3) is 5.17. The van der Waals surface area contributed by atoms with E-state index in [0.29, 0.717) is 65.1 Å². The maximum atomic E-state index is 15.5. The van der Waals surface area contributed by atoms with Crippen LogP contribution in [0, 0.1) is 23.0 Å². The van der Waals surface area contributed by atoms with Crippen molar-refractivity contribution in [3.63, 3.8) is 0 Å². The number of benzene rings is 1. The number of hydrogen-bond acceptors (Lipinski definition) is 9. The van der Waals surface area contributed by atoms with Crippen molar-refractivity contribution in [1.29, 1.82) is 5.26 Å². The number of β-amino-alcohol motifs (C(OH)–C–C–N with tert-alkyl or cyclic N) is 1. The van der Waals surface area contributed by atoms with Gasteiger partial charge in [0.25, 0.3) is 0 Å². The zero-order chi connectivity index (χ0) is 31.3. The van der Waals surface area contributed by atoms with Crippen LogP contribution in [0.5, 0.6) is 0 Å². The molecule has 2 fully saturated rings. The van der Waals surface area contributed by atoms with E-state index in [-0.39, 0.29) is 24.8 Å². The molecular weight excluding hydrogens is 562 g/mol. The summed E-state index contributed by atoms with van der Waals surface area (Å²) in [5.74, 6) is -1.21. The Labute approximate surface area is 248 Å². The van der Waals surface area contributed by atoms with Crippen LogP contribution in [0.2, 0.25) is 0 Å². The van der Waals surface area contributed by atoms with Crippen LogP contribution in [-0.4, -0.2) is 94.3 Å². The van der Waals surface area contributed by atoms with Gasteiger partial charge in [0.05, 0.1) is 44.2 Å².